The van der Waals surface area contributed by atoms with Gasteiger partial charge in [0, 0.05) is 11.9 Å². The van der Waals surface area contributed by atoms with E-state index >= 15 is 0 Å². The summed E-state index contributed by atoms with van der Waals surface area (Å²) in [5.74, 6) is -1.09. The molecule has 2 aromatic carbocycles. The van der Waals surface area contributed by atoms with Gasteiger partial charge >= 0.3 is 5.97 Å². The summed E-state index contributed by atoms with van der Waals surface area (Å²) in [6.07, 6.45) is 1.63. The van der Waals surface area contributed by atoms with Crippen LogP contribution in [0, 0.1) is 0 Å². The summed E-state index contributed by atoms with van der Waals surface area (Å²) >= 11 is 0. The molecule has 0 bridgehead atoms. The van der Waals surface area contributed by atoms with Gasteiger partial charge in [0.2, 0.25) is 0 Å². The molecule has 0 saturated carbocycles. The summed E-state index contributed by atoms with van der Waals surface area (Å²) in [7, 11) is -3.84. The van der Waals surface area contributed by atoms with Gasteiger partial charge in [-0.1, -0.05) is 6.07 Å². The highest BCUT2D eigenvalue weighted by molar-refractivity contribution is 7.92. The molecule has 0 saturated heterocycles. The topological polar surface area (TPSA) is 140 Å². The van der Waals surface area contributed by atoms with Crippen LogP contribution in [0.4, 0.5) is 11.5 Å². The van der Waals surface area contributed by atoms with Gasteiger partial charge in [0.25, 0.3) is 15.9 Å². The van der Waals surface area contributed by atoms with Crippen molar-refractivity contribution in [2.75, 3.05) is 10.0 Å². The molecule has 0 aliphatic rings. The lowest BCUT2D eigenvalue weighted by atomic mass is 10.2. The molecule has 33 heavy (non-hydrogen) atoms. The summed E-state index contributed by atoms with van der Waals surface area (Å²) in [4.78, 5) is 32.6. The Morgan fingerprint density at radius 2 is 1.82 bits per heavy atom. The van der Waals surface area contributed by atoms with E-state index < -0.39 is 28.0 Å². The Bertz CT molecular complexity index is 1400. The molecule has 168 valence electrons. The van der Waals surface area contributed by atoms with Crippen LogP contribution < -0.4 is 10.0 Å². The van der Waals surface area contributed by atoms with Gasteiger partial charge in [-0.2, -0.15) is 0 Å². The number of pyridine rings is 1. The molecular weight excluding hydrogens is 448 g/mol. The van der Waals surface area contributed by atoms with E-state index in [0.29, 0.717) is 16.8 Å². The van der Waals surface area contributed by atoms with Gasteiger partial charge in [0.1, 0.15) is 11.3 Å². The number of oxazole rings is 1. The van der Waals surface area contributed by atoms with Crippen molar-refractivity contribution in [2.45, 2.75) is 17.9 Å². The Hall–Kier alpha value is -4.25. The van der Waals surface area contributed by atoms with E-state index in [1.54, 1.807) is 18.2 Å². The number of hydrogen-bond donors (Lipinski definition) is 2. The number of rotatable bonds is 7. The highest BCUT2D eigenvalue weighted by Gasteiger charge is 2.20. The number of anilines is 2. The average molecular weight is 466 g/mol. The summed E-state index contributed by atoms with van der Waals surface area (Å²) in [5.41, 5.74) is 1.57. The van der Waals surface area contributed by atoms with Gasteiger partial charge in [-0.15, -0.1) is 0 Å². The first-order chi connectivity index (χ1) is 15.8. The fraction of sp³-hybridized carbons (Fsp3) is 0.0909. The molecule has 1 unspecified atom stereocenters. The zero-order chi connectivity index (χ0) is 23.4. The number of fused-ring (bicyclic) bond motifs is 1. The van der Waals surface area contributed by atoms with E-state index in [0.717, 1.165) is 0 Å². The lowest BCUT2D eigenvalue weighted by Gasteiger charge is -2.14. The zero-order valence-corrected chi connectivity index (χ0v) is 18.1. The van der Waals surface area contributed by atoms with Crippen molar-refractivity contribution in [3.05, 3.63) is 78.8 Å². The van der Waals surface area contributed by atoms with Crippen LogP contribution in [-0.2, 0) is 19.6 Å². The molecule has 2 heterocycles. The fourth-order valence-corrected chi connectivity index (χ4v) is 3.85. The average Bonchev–Trinajstić information content (AvgIpc) is 3.27. The molecule has 0 aliphatic heterocycles. The number of carbonyl (C=O) groups excluding carboxylic acids is 2. The van der Waals surface area contributed by atoms with Gasteiger partial charge in [-0.25, -0.2) is 23.2 Å². The largest absolute Gasteiger partial charge is 0.449 e. The van der Waals surface area contributed by atoms with Crippen molar-refractivity contribution >= 4 is 44.5 Å². The fourth-order valence-electron chi connectivity index (χ4n) is 2.85. The number of hydrogen-bond acceptors (Lipinski definition) is 8. The third kappa shape index (κ3) is 5.15. The smallest absolute Gasteiger partial charge is 0.339 e. The number of amides is 1. The zero-order valence-electron chi connectivity index (χ0n) is 17.3. The molecule has 0 radical (unpaired) electrons. The lowest BCUT2D eigenvalue weighted by molar-refractivity contribution is -0.123. The normalized spacial score (nSPS) is 12.2. The van der Waals surface area contributed by atoms with Gasteiger partial charge < -0.3 is 14.5 Å². The molecule has 0 aliphatic carbocycles. The minimum Gasteiger partial charge on any atom is -0.449 e. The number of benzene rings is 2. The molecule has 2 aromatic heterocycles. The Labute approximate surface area is 188 Å². The van der Waals surface area contributed by atoms with Crippen molar-refractivity contribution in [3.63, 3.8) is 0 Å². The standard InChI is InChI=1S/C22H18N4O6S/c1-14(32-22(28)15-5-10-18-19(12-15)31-13-24-18)21(27)25-16-6-8-17(9-7-16)33(29,30)26-20-4-2-3-11-23-20/h2-14H,1H3,(H,23,26)(H,25,27). The third-order valence-electron chi connectivity index (χ3n) is 4.56. The van der Waals surface area contributed by atoms with Crippen molar-refractivity contribution in [3.8, 4) is 0 Å². The molecular formula is C22H18N4O6S. The summed E-state index contributed by atoms with van der Waals surface area (Å²) in [6, 6.07) is 15.0. The maximum Gasteiger partial charge on any atom is 0.339 e. The van der Waals surface area contributed by atoms with E-state index in [9.17, 15) is 18.0 Å². The van der Waals surface area contributed by atoms with Crippen LogP contribution in [0.5, 0.6) is 0 Å². The first-order valence-electron chi connectivity index (χ1n) is 9.71. The van der Waals surface area contributed by atoms with Crippen LogP contribution in [0.2, 0.25) is 0 Å². The van der Waals surface area contributed by atoms with Crippen molar-refractivity contribution < 1.29 is 27.2 Å². The summed E-state index contributed by atoms with van der Waals surface area (Å²) < 4.78 is 37.7. The van der Waals surface area contributed by atoms with Crippen molar-refractivity contribution in [2.24, 2.45) is 0 Å². The number of nitrogens with zero attached hydrogens (tertiary/aromatic N) is 2. The second-order valence-electron chi connectivity index (χ2n) is 6.92. The number of carbonyl (C=O) groups is 2. The summed E-state index contributed by atoms with van der Waals surface area (Å²) in [5, 5.41) is 2.58. The first kappa shape index (κ1) is 22.0. The Morgan fingerprint density at radius 1 is 1.03 bits per heavy atom. The Balaban J connectivity index is 1.37. The van der Waals surface area contributed by atoms with E-state index in [4.69, 9.17) is 9.15 Å². The molecule has 11 heteroatoms. The highest BCUT2D eigenvalue weighted by atomic mass is 32.2. The molecule has 4 rings (SSSR count). The summed E-state index contributed by atoms with van der Waals surface area (Å²) in [6.45, 7) is 1.43. The maximum absolute atomic E-state index is 12.5. The molecule has 1 atom stereocenters. The van der Waals surface area contributed by atoms with Gasteiger partial charge in [-0.3, -0.25) is 9.52 Å². The maximum atomic E-state index is 12.5. The molecule has 0 spiro atoms. The van der Waals surface area contributed by atoms with Crippen LogP contribution in [0.25, 0.3) is 11.1 Å². The molecule has 1 amide bonds. The first-order valence-corrected chi connectivity index (χ1v) is 11.2. The van der Waals surface area contributed by atoms with Gasteiger partial charge in [0.15, 0.2) is 18.1 Å². The Kier molecular flexibility index (Phi) is 6.05. The highest BCUT2D eigenvalue weighted by Crippen LogP contribution is 2.18. The molecule has 2 N–H and O–H groups in total. The van der Waals surface area contributed by atoms with Crippen LogP contribution >= 0.6 is 0 Å². The van der Waals surface area contributed by atoms with E-state index in [1.807, 2.05) is 0 Å². The predicted octanol–water partition coefficient (Wildman–Crippen LogP) is 3.21. The molecule has 4 aromatic rings. The van der Waals surface area contributed by atoms with Crippen molar-refractivity contribution in [1.29, 1.82) is 0 Å². The van der Waals surface area contributed by atoms with Crippen LogP contribution in [0.3, 0.4) is 0 Å². The quantitative estimate of drug-likeness (QED) is 0.396. The van der Waals surface area contributed by atoms with E-state index in [2.05, 4.69) is 20.0 Å². The number of esters is 1. The van der Waals surface area contributed by atoms with E-state index in [1.165, 1.54) is 62.0 Å². The van der Waals surface area contributed by atoms with Crippen LogP contribution in [0.1, 0.15) is 17.3 Å². The van der Waals surface area contributed by atoms with E-state index in [-0.39, 0.29) is 16.3 Å². The second-order valence-corrected chi connectivity index (χ2v) is 8.60. The monoisotopic (exact) mass is 466 g/mol. The predicted molar refractivity (Wildman–Crippen MR) is 119 cm³/mol. The van der Waals surface area contributed by atoms with Gasteiger partial charge in [0.05, 0.1) is 10.5 Å². The number of aromatic nitrogens is 2. The van der Waals surface area contributed by atoms with Crippen molar-refractivity contribution in [1.82, 2.24) is 9.97 Å². The number of ether oxygens (including phenoxy) is 1. The van der Waals surface area contributed by atoms with Gasteiger partial charge in [-0.05, 0) is 61.5 Å². The molecule has 0 fully saturated rings. The minimum atomic E-state index is -3.84. The second kappa shape index (κ2) is 9.09. The third-order valence-corrected chi connectivity index (χ3v) is 5.93. The Morgan fingerprint density at radius 3 is 2.55 bits per heavy atom. The number of sulfonamides is 1. The molecule has 10 nitrogen and oxygen atoms in total. The lowest BCUT2D eigenvalue weighted by Crippen LogP contribution is -2.30. The van der Waals surface area contributed by atoms with Crippen LogP contribution in [-0.4, -0.2) is 36.4 Å². The van der Waals surface area contributed by atoms with Crippen LogP contribution in [0.15, 0.2) is 82.6 Å². The minimum absolute atomic E-state index is 0.00608. The SMILES string of the molecule is CC(OC(=O)c1ccc2ncoc2c1)C(=O)Nc1ccc(S(=O)(=O)Nc2ccccn2)cc1. The number of nitrogens with one attached hydrogen (secondary N) is 2.